The van der Waals surface area contributed by atoms with Gasteiger partial charge in [-0.15, -0.1) is 0 Å². The normalized spacial score (nSPS) is 16.0. The Labute approximate surface area is 96.2 Å². The minimum atomic E-state index is 0.608. The summed E-state index contributed by atoms with van der Waals surface area (Å²) in [6.45, 7) is 15.8. The minimum absolute atomic E-state index is 0.608. The van der Waals surface area contributed by atoms with Crippen molar-refractivity contribution in [1.29, 1.82) is 0 Å². The van der Waals surface area contributed by atoms with E-state index in [0.717, 1.165) is 24.9 Å². The molecule has 0 aliphatic carbocycles. The van der Waals surface area contributed by atoms with Gasteiger partial charge in [0.2, 0.25) is 0 Å². The van der Waals surface area contributed by atoms with Gasteiger partial charge in [0.05, 0.1) is 0 Å². The third-order valence-corrected chi connectivity index (χ3v) is 2.55. The lowest BCUT2D eigenvalue weighted by atomic mass is 9.97. The summed E-state index contributed by atoms with van der Waals surface area (Å²) < 4.78 is 0. The van der Waals surface area contributed by atoms with Crippen LogP contribution in [0.4, 0.5) is 0 Å². The van der Waals surface area contributed by atoms with Crippen LogP contribution in [0.15, 0.2) is 0 Å². The topological polar surface area (TPSA) is 24.1 Å². The average Bonchev–Trinajstić information content (AvgIpc) is 2.11. The molecule has 0 saturated heterocycles. The summed E-state index contributed by atoms with van der Waals surface area (Å²) in [5, 5.41) is 6.99. The van der Waals surface area contributed by atoms with Crippen molar-refractivity contribution in [3.8, 4) is 0 Å². The van der Waals surface area contributed by atoms with Crippen LogP contribution in [0.2, 0.25) is 0 Å². The highest BCUT2D eigenvalue weighted by molar-refractivity contribution is 4.66. The van der Waals surface area contributed by atoms with Crippen molar-refractivity contribution >= 4 is 0 Å². The SMILES string of the molecule is CC(CNC(C)C)CC(C)CNC(C)C. The van der Waals surface area contributed by atoms with Crippen LogP contribution in [0.5, 0.6) is 0 Å². The second-order valence-corrected chi connectivity index (χ2v) is 5.57. The first-order valence-electron chi connectivity index (χ1n) is 6.38. The van der Waals surface area contributed by atoms with Gasteiger partial charge in [-0.1, -0.05) is 41.5 Å². The molecule has 15 heavy (non-hydrogen) atoms. The van der Waals surface area contributed by atoms with E-state index < -0.39 is 0 Å². The molecular weight excluding hydrogens is 184 g/mol. The second-order valence-electron chi connectivity index (χ2n) is 5.57. The fraction of sp³-hybridized carbons (Fsp3) is 1.00. The predicted octanol–water partition coefficient (Wildman–Crippen LogP) is 2.64. The fourth-order valence-electron chi connectivity index (χ4n) is 1.73. The highest BCUT2D eigenvalue weighted by Gasteiger charge is 2.09. The molecule has 2 unspecified atom stereocenters. The Morgan fingerprint density at radius 2 is 1.00 bits per heavy atom. The number of hydrogen-bond donors (Lipinski definition) is 2. The summed E-state index contributed by atoms with van der Waals surface area (Å²) in [6.07, 6.45) is 1.31. The molecule has 0 heterocycles. The fourth-order valence-corrected chi connectivity index (χ4v) is 1.73. The molecule has 0 saturated carbocycles. The van der Waals surface area contributed by atoms with Gasteiger partial charge in [0.15, 0.2) is 0 Å². The average molecular weight is 214 g/mol. The van der Waals surface area contributed by atoms with Crippen molar-refractivity contribution in [2.45, 2.75) is 60.0 Å². The maximum absolute atomic E-state index is 3.50. The van der Waals surface area contributed by atoms with Gasteiger partial charge in [-0.2, -0.15) is 0 Å². The van der Waals surface area contributed by atoms with Crippen molar-refractivity contribution in [2.75, 3.05) is 13.1 Å². The van der Waals surface area contributed by atoms with Gasteiger partial charge >= 0.3 is 0 Å². The first kappa shape index (κ1) is 14.9. The van der Waals surface area contributed by atoms with Crippen LogP contribution in [0.3, 0.4) is 0 Å². The van der Waals surface area contributed by atoms with E-state index in [-0.39, 0.29) is 0 Å². The molecule has 0 aromatic heterocycles. The number of nitrogens with one attached hydrogen (secondary N) is 2. The van der Waals surface area contributed by atoms with Crippen molar-refractivity contribution in [1.82, 2.24) is 10.6 Å². The van der Waals surface area contributed by atoms with Crippen molar-refractivity contribution in [3.05, 3.63) is 0 Å². The summed E-state index contributed by atoms with van der Waals surface area (Å²) in [7, 11) is 0. The lowest BCUT2D eigenvalue weighted by Crippen LogP contribution is -2.31. The summed E-state index contributed by atoms with van der Waals surface area (Å²) in [4.78, 5) is 0. The zero-order chi connectivity index (χ0) is 11.8. The zero-order valence-corrected chi connectivity index (χ0v) is 11.4. The lowest BCUT2D eigenvalue weighted by Gasteiger charge is -2.20. The van der Waals surface area contributed by atoms with Gasteiger partial charge in [0, 0.05) is 12.1 Å². The Hall–Kier alpha value is -0.0800. The molecule has 2 nitrogen and oxygen atoms in total. The van der Waals surface area contributed by atoms with E-state index in [2.05, 4.69) is 52.2 Å². The van der Waals surface area contributed by atoms with Gasteiger partial charge in [-0.25, -0.2) is 0 Å². The molecule has 0 rings (SSSR count). The molecule has 0 fully saturated rings. The van der Waals surface area contributed by atoms with Gasteiger partial charge in [0.25, 0.3) is 0 Å². The van der Waals surface area contributed by atoms with Crippen LogP contribution in [0, 0.1) is 11.8 Å². The third-order valence-electron chi connectivity index (χ3n) is 2.55. The Bertz CT molecular complexity index is 127. The van der Waals surface area contributed by atoms with E-state index in [0.29, 0.717) is 12.1 Å². The smallest absolute Gasteiger partial charge is 0.00104 e. The number of rotatable bonds is 8. The maximum Gasteiger partial charge on any atom is 0.00104 e. The van der Waals surface area contributed by atoms with E-state index in [1.807, 2.05) is 0 Å². The van der Waals surface area contributed by atoms with Crippen LogP contribution >= 0.6 is 0 Å². The molecule has 0 aliphatic rings. The van der Waals surface area contributed by atoms with E-state index >= 15 is 0 Å². The molecule has 0 aromatic rings. The molecule has 0 aliphatic heterocycles. The summed E-state index contributed by atoms with van der Waals surface area (Å²) in [5.41, 5.74) is 0. The maximum atomic E-state index is 3.50. The Kier molecular flexibility index (Phi) is 8.07. The van der Waals surface area contributed by atoms with Gasteiger partial charge in [-0.3, -0.25) is 0 Å². The van der Waals surface area contributed by atoms with Gasteiger partial charge < -0.3 is 10.6 Å². The Morgan fingerprint density at radius 1 is 0.667 bits per heavy atom. The Balaban J connectivity index is 3.52. The molecule has 2 N–H and O–H groups in total. The molecular formula is C13H30N2. The monoisotopic (exact) mass is 214 g/mol. The summed E-state index contributed by atoms with van der Waals surface area (Å²) >= 11 is 0. The quantitative estimate of drug-likeness (QED) is 0.649. The van der Waals surface area contributed by atoms with Crippen LogP contribution in [0.25, 0.3) is 0 Å². The van der Waals surface area contributed by atoms with Gasteiger partial charge in [0.1, 0.15) is 0 Å². The van der Waals surface area contributed by atoms with Crippen LogP contribution in [-0.4, -0.2) is 25.2 Å². The number of hydrogen-bond acceptors (Lipinski definition) is 2. The molecule has 0 amide bonds. The van der Waals surface area contributed by atoms with Crippen molar-refractivity contribution in [3.63, 3.8) is 0 Å². The zero-order valence-electron chi connectivity index (χ0n) is 11.4. The van der Waals surface area contributed by atoms with Crippen molar-refractivity contribution < 1.29 is 0 Å². The van der Waals surface area contributed by atoms with E-state index in [1.54, 1.807) is 0 Å². The first-order chi connectivity index (χ1) is 6.91. The van der Waals surface area contributed by atoms with E-state index in [4.69, 9.17) is 0 Å². The molecule has 0 aromatic carbocycles. The van der Waals surface area contributed by atoms with Crippen LogP contribution < -0.4 is 10.6 Å². The molecule has 2 atom stereocenters. The largest absolute Gasteiger partial charge is 0.314 e. The summed E-state index contributed by atoms with van der Waals surface area (Å²) in [6, 6.07) is 1.22. The van der Waals surface area contributed by atoms with Gasteiger partial charge in [-0.05, 0) is 31.3 Å². The first-order valence-corrected chi connectivity index (χ1v) is 6.38. The molecule has 0 bridgehead atoms. The standard InChI is InChI=1S/C13H30N2/c1-10(2)14-8-12(5)7-13(6)9-15-11(3)4/h10-15H,7-9H2,1-6H3. The highest BCUT2D eigenvalue weighted by Crippen LogP contribution is 2.10. The predicted molar refractivity (Wildman–Crippen MR) is 69.2 cm³/mol. The van der Waals surface area contributed by atoms with Crippen molar-refractivity contribution in [2.24, 2.45) is 11.8 Å². The van der Waals surface area contributed by atoms with E-state index in [1.165, 1.54) is 6.42 Å². The summed E-state index contributed by atoms with van der Waals surface area (Å²) in [5.74, 6) is 1.55. The molecule has 0 radical (unpaired) electrons. The second kappa shape index (κ2) is 8.12. The Morgan fingerprint density at radius 3 is 1.27 bits per heavy atom. The van der Waals surface area contributed by atoms with Crippen LogP contribution in [-0.2, 0) is 0 Å². The van der Waals surface area contributed by atoms with Crippen LogP contribution in [0.1, 0.15) is 48.0 Å². The highest BCUT2D eigenvalue weighted by atomic mass is 14.9. The molecule has 2 heteroatoms. The lowest BCUT2D eigenvalue weighted by molar-refractivity contribution is 0.363. The molecule has 0 spiro atoms. The third kappa shape index (κ3) is 10.2. The van der Waals surface area contributed by atoms with E-state index in [9.17, 15) is 0 Å². The molecule has 92 valence electrons. The minimum Gasteiger partial charge on any atom is -0.314 e.